The lowest BCUT2D eigenvalue weighted by molar-refractivity contribution is 0.102. The molecule has 1 aromatic heterocycles. The van der Waals surface area contributed by atoms with Gasteiger partial charge in [0.05, 0.1) is 11.3 Å². The number of aryl methyl sites for hydroxylation is 3. The molecular weight excluding hydrogens is 336 g/mol. The van der Waals surface area contributed by atoms with E-state index in [0.29, 0.717) is 11.3 Å². The van der Waals surface area contributed by atoms with Crippen molar-refractivity contribution in [2.24, 2.45) is 0 Å². The summed E-state index contributed by atoms with van der Waals surface area (Å²) in [7, 11) is 0. The lowest BCUT2D eigenvalue weighted by Crippen LogP contribution is -2.14. The number of aromatic nitrogens is 1. The molecule has 2 aromatic carbocycles. The van der Waals surface area contributed by atoms with Crippen LogP contribution in [0, 0.1) is 6.92 Å². The summed E-state index contributed by atoms with van der Waals surface area (Å²) in [4.78, 5) is 16.9. The molecule has 0 unspecified atom stereocenters. The van der Waals surface area contributed by atoms with E-state index in [4.69, 9.17) is 4.74 Å². The normalized spacial score (nSPS) is 10.5. The smallest absolute Gasteiger partial charge is 0.257 e. The van der Waals surface area contributed by atoms with Gasteiger partial charge in [0.1, 0.15) is 11.5 Å². The summed E-state index contributed by atoms with van der Waals surface area (Å²) < 4.78 is 5.89. The number of hydrogen-bond donors (Lipinski definition) is 1. The molecule has 0 radical (unpaired) electrons. The maximum absolute atomic E-state index is 12.5. The Kier molecular flexibility index (Phi) is 5.87. The average Bonchev–Trinajstić information content (AvgIpc) is 2.69. The highest BCUT2D eigenvalue weighted by molar-refractivity contribution is 6.05. The molecule has 138 valence electrons. The van der Waals surface area contributed by atoms with E-state index in [1.165, 1.54) is 5.56 Å². The topological polar surface area (TPSA) is 51.2 Å². The number of nitrogens with zero attached hydrogens (tertiary/aromatic N) is 1. The van der Waals surface area contributed by atoms with Gasteiger partial charge in [-0.2, -0.15) is 0 Å². The highest BCUT2D eigenvalue weighted by atomic mass is 16.5. The number of carbonyl (C=O) groups excluding carboxylic acids is 1. The zero-order chi connectivity index (χ0) is 19.2. The molecule has 0 spiro atoms. The van der Waals surface area contributed by atoms with Crippen LogP contribution in [0.25, 0.3) is 0 Å². The highest BCUT2D eigenvalue weighted by Crippen LogP contribution is 2.24. The third-order valence-electron chi connectivity index (χ3n) is 4.40. The van der Waals surface area contributed by atoms with Gasteiger partial charge in [-0.1, -0.05) is 26.0 Å². The van der Waals surface area contributed by atoms with E-state index in [9.17, 15) is 4.79 Å². The first-order valence-electron chi connectivity index (χ1n) is 9.23. The van der Waals surface area contributed by atoms with Gasteiger partial charge in [0.2, 0.25) is 0 Å². The predicted octanol–water partition coefficient (Wildman–Crippen LogP) is 5.56. The maximum Gasteiger partial charge on any atom is 0.257 e. The Hall–Kier alpha value is -3.14. The van der Waals surface area contributed by atoms with Crippen LogP contribution in [-0.2, 0) is 12.8 Å². The van der Waals surface area contributed by atoms with E-state index in [0.717, 1.165) is 35.7 Å². The summed E-state index contributed by atoms with van der Waals surface area (Å²) in [5, 5.41) is 2.91. The number of pyridine rings is 1. The average molecular weight is 360 g/mol. The van der Waals surface area contributed by atoms with Crippen LogP contribution in [0.4, 0.5) is 5.69 Å². The van der Waals surface area contributed by atoms with Gasteiger partial charge in [0, 0.05) is 11.4 Å². The minimum absolute atomic E-state index is 0.160. The van der Waals surface area contributed by atoms with Crippen molar-refractivity contribution in [1.29, 1.82) is 0 Å². The van der Waals surface area contributed by atoms with Crippen molar-refractivity contribution >= 4 is 11.6 Å². The van der Waals surface area contributed by atoms with E-state index in [-0.39, 0.29) is 5.91 Å². The number of hydrogen-bond acceptors (Lipinski definition) is 3. The second-order valence-electron chi connectivity index (χ2n) is 6.37. The molecule has 0 aliphatic heterocycles. The summed E-state index contributed by atoms with van der Waals surface area (Å²) in [6.45, 7) is 6.02. The summed E-state index contributed by atoms with van der Waals surface area (Å²) in [5.41, 5.74) is 4.26. The van der Waals surface area contributed by atoms with Gasteiger partial charge >= 0.3 is 0 Å². The number of rotatable bonds is 6. The third-order valence-corrected chi connectivity index (χ3v) is 4.40. The Morgan fingerprint density at radius 2 is 1.74 bits per heavy atom. The van der Waals surface area contributed by atoms with Crippen molar-refractivity contribution in [3.8, 4) is 11.5 Å². The van der Waals surface area contributed by atoms with Crippen molar-refractivity contribution in [3.63, 3.8) is 0 Å². The SMILES string of the molecule is CCc1cccc(Oc2ccc(NC(=O)c3ccc(CC)nc3C)cc2)c1. The number of nitrogens with one attached hydrogen (secondary N) is 1. The first-order chi connectivity index (χ1) is 13.1. The van der Waals surface area contributed by atoms with E-state index >= 15 is 0 Å². The van der Waals surface area contributed by atoms with Crippen molar-refractivity contribution in [2.75, 3.05) is 5.32 Å². The lowest BCUT2D eigenvalue weighted by Gasteiger charge is -2.10. The Morgan fingerprint density at radius 3 is 2.41 bits per heavy atom. The van der Waals surface area contributed by atoms with Crippen molar-refractivity contribution in [1.82, 2.24) is 4.98 Å². The van der Waals surface area contributed by atoms with E-state index in [2.05, 4.69) is 23.3 Å². The van der Waals surface area contributed by atoms with Crippen LogP contribution in [-0.4, -0.2) is 10.9 Å². The predicted molar refractivity (Wildman–Crippen MR) is 109 cm³/mol. The van der Waals surface area contributed by atoms with Crippen LogP contribution < -0.4 is 10.1 Å². The maximum atomic E-state index is 12.5. The van der Waals surface area contributed by atoms with Gasteiger partial charge in [-0.05, 0) is 73.9 Å². The molecule has 0 saturated carbocycles. The number of benzene rings is 2. The molecule has 27 heavy (non-hydrogen) atoms. The van der Waals surface area contributed by atoms with Gasteiger partial charge in [-0.3, -0.25) is 9.78 Å². The molecular formula is C23H24N2O2. The molecule has 3 aromatic rings. The Labute approximate surface area is 160 Å². The first kappa shape index (κ1) is 18.6. The molecule has 4 nitrogen and oxygen atoms in total. The molecule has 0 saturated heterocycles. The standard InChI is InChI=1S/C23H24N2O2/c1-4-17-7-6-8-21(15-17)27-20-12-9-19(10-13-20)25-23(26)22-14-11-18(5-2)24-16(22)3/h6-15H,4-5H2,1-3H3,(H,25,26). The molecule has 1 N–H and O–H groups in total. The van der Waals surface area contributed by atoms with Crippen LogP contribution in [0.15, 0.2) is 60.7 Å². The largest absolute Gasteiger partial charge is 0.457 e. The quantitative estimate of drug-likeness (QED) is 0.626. The van der Waals surface area contributed by atoms with E-state index in [1.807, 2.05) is 68.4 Å². The molecule has 0 atom stereocenters. The second-order valence-corrected chi connectivity index (χ2v) is 6.37. The molecule has 1 heterocycles. The van der Waals surface area contributed by atoms with Gasteiger partial charge < -0.3 is 10.1 Å². The summed E-state index contributed by atoms with van der Waals surface area (Å²) in [6.07, 6.45) is 1.82. The summed E-state index contributed by atoms with van der Waals surface area (Å²) in [5.74, 6) is 1.38. The zero-order valence-corrected chi connectivity index (χ0v) is 16.0. The summed E-state index contributed by atoms with van der Waals surface area (Å²) in [6, 6.07) is 19.1. The zero-order valence-electron chi connectivity index (χ0n) is 16.0. The number of ether oxygens (including phenoxy) is 1. The Morgan fingerprint density at radius 1 is 0.963 bits per heavy atom. The number of anilines is 1. The molecule has 0 fully saturated rings. The molecule has 0 aliphatic rings. The van der Waals surface area contributed by atoms with Crippen molar-refractivity contribution in [2.45, 2.75) is 33.6 Å². The summed E-state index contributed by atoms with van der Waals surface area (Å²) >= 11 is 0. The first-order valence-corrected chi connectivity index (χ1v) is 9.23. The fourth-order valence-corrected chi connectivity index (χ4v) is 2.82. The highest BCUT2D eigenvalue weighted by Gasteiger charge is 2.11. The van der Waals surface area contributed by atoms with Crippen LogP contribution in [0.5, 0.6) is 11.5 Å². The van der Waals surface area contributed by atoms with Crippen LogP contribution >= 0.6 is 0 Å². The third kappa shape index (κ3) is 4.73. The minimum Gasteiger partial charge on any atom is -0.457 e. The fourth-order valence-electron chi connectivity index (χ4n) is 2.82. The van der Waals surface area contributed by atoms with Crippen LogP contribution in [0.2, 0.25) is 0 Å². The number of amides is 1. The minimum atomic E-state index is -0.160. The second kappa shape index (κ2) is 8.49. The Bertz CT molecular complexity index is 933. The Balaban J connectivity index is 1.67. The molecule has 4 heteroatoms. The van der Waals surface area contributed by atoms with Crippen LogP contribution in [0.3, 0.4) is 0 Å². The molecule has 3 rings (SSSR count). The van der Waals surface area contributed by atoms with E-state index < -0.39 is 0 Å². The number of carbonyl (C=O) groups is 1. The van der Waals surface area contributed by atoms with Gasteiger partial charge in [-0.15, -0.1) is 0 Å². The van der Waals surface area contributed by atoms with Gasteiger partial charge in [0.15, 0.2) is 0 Å². The van der Waals surface area contributed by atoms with Crippen molar-refractivity contribution in [3.05, 3.63) is 83.2 Å². The van der Waals surface area contributed by atoms with Gasteiger partial charge in [0.25, 0.3) is 5.91 Å². The molecule has 1 amide bonds. The fraction of sp³-hybridized carbons (Fsp3) is 0.217. The lowest BCUT2D eigenvalue weighted by atomic mass is 10.1. The molecule has 0 aliphatic carbocycles. The molecule has 0 bridgehead atoms. The van der Waals surface area contributed by atoms with E-state index in [1.54, 1.807) is 0 Å². The van der Waals surface area contributed by atoms with Crippen LogP contribution in [0.1, 0.15) is 41.2 Å². The van der Waals surface area contributed by atoms with Gasteiger partial charge in [-0.25, -0.2) is 0 Å². The van der Waals surface area contributed by atoms with Crippen molar-refractivity contribution < 1.29 is 9.53 Å². The monoisotopic (exact) mass is 360 g/mol.